The lowest BCUT2D eigenvalue weighted by molar-refractivity contribution is -0.0917. The zero-order valence-corrected chi connectivity index (χ0v) is 20.8. The van der Waals surface area contributed by atoms with Gasteiger partial charge in [0.05, 0.1) is 43.1 Å². The maximum absolute atomic E-state index is 13.8. The fourth-order valence-corrected chi connectivity index (χ4v) is 4.71. The van der Waals surface area contributed by atoms with Gasteiger partial charge < -0.3 is 25.0 Å². The molecule has 0 unspecified atom stereocenters. The van der Waals surface area contributed by atoms with Gasteiger partial charge in [-0.05, 0) is 61.6 Å². The van der Waals surface area contributed by atoms with E-state index in [0.717, 1.165) is 60.5 Å². The predicted octanol–water partition coefficient (Wildman–Crippen LogP) is 3.81. The lowest BCUT2D eigenvalue weighted by Gasteiger charge is -2.38. The fourth-order valence-electron chi connectivity index (χ4n) is 4.71. The second kappa shape index (κ2) is 13.0. The summed E-state index contributed by atoms with van der Waals surface area (Å²) >= 11 is 0. The van der Waals surface area contributed by atoms with Crippen LogP contribution in [0, 0.1) is 11.6 Å². The number of hydrogen-bond donors (Lipinski definition) is 3. The fraction of sp³-hybridized carbons (Fsp3) is 0.429. The van der Waals surface area contributed by atoms with Crippen molar-refractivity contribution in [2.75, 3.05) is 20.3 Å². The normalized spacial score (nSPS) is 20.9. The van der Waals surface area contributed by atoms with Crippen molar-refractivity contribution in [3.63, 3.8) is 0 Å². The number of aromatic nitrogens is 2. The zero-order valence-electron chi connectivity index (χ0n) is 20.8. The summed E-state index contributed by atoms with van der Waals surface area (Å²) < 4.78 is 38.9. The number of fused-ring (bicyclic) bond motifs is 1. The van der Waals surface area contributed by atoms with E-state index in [0.29, 0.717) is 18.8 Å². The summed E-state index contributed by atoms with van der Waals surface area (Å²) in [6.45, 7) is 0.0867. The average Bonchev–Trinajstić information content (AvgIpc) is 2.92. The SMILES string of the molecule is COc1ccc2nccc(CC[C@@H]3CC[C@@H](NC/C=C/c4cc(F)ccc4F)[C@@H](C[C@@H](O)CO)O3)c2n1. The Hall–Kier alpha value is -2.98. The standard InChI is InChI=1S/C28H33F2N3O4/c1-36-27-11-10-25-28(33-27)18(12-14-32-25)4-6-22-7-9-24(26(37-22)16-21(35)17-34)31-13-2-3-19-15-20(29)5-8-23(19)30/h2-3,5,8,10-12,14-15,21-22,24,26,31,34-35H,4,6-7,9,13,16-17H2,1H3/b3-2+/t21-,22-,24-,26-/m1/s1. The van der Waals surface area contributed by atoms with E-state index in [4.69, 9.17) is 9.47 Å². The Labute approximate surface area is 215 Å². The van der Waals surface area contributed by atoms with Crippen LogP contribution in [0.4, 0.5) is 8.78 Å². The molecule has 1 aromatic carbocycles. The maximum atomic E-state index is 13.8. The summed E-state index contributed by atoms with van der Waals surface area (Å²) in [7, 11) is 1.58. The molecule has 3 aromatic rings. The van der Waals surface area contributed by atoms with Crippen LogP contribution in [0.15, 0.2) is 48.7 Å². The molecule has 0 amide bonds. The molecule has 3 N–H and O–H groups in total. The van der Waals surface area contributed by atoms with E-state index in [1.54, 1.807) is 25.4 Å². The largest absolute Gasteiger partial charge is 0.481 e. The van der Waals surface area contributed by atoms with Gasteiger partial charge in [0.15, 0.2) is 0 Å². The van der Waals surface area contributed by atoms with Crippen LogP contribution in [0.1, 0.15) is 36.8 Å². The van der Waals surface area contributed by atoms with Crippen molar-refractivity contribution in [3.05, 3.63) is 71.4 Å². The Morgan fingerprint density at radius 1 is 1.22 bits per heavy atom. The number of aryl methyl sites for hydroxylation is 1. The van der Waals surface area contributed by atoms with E-state index in [-0.39, 0.29) is 30.4 Å². The van der Waals surface area contributed by atoms with Crippen LogP contribution in [0.5, 0.6) is 5.88 Å². The van der Waals surface area contributed by atoms with Crippen molar-refractivity contribution in [2.45, 2.75) is 56.5 Å². The molecule has 0 saturated carbocycles. The Morgan fingerprint density at radius 2 is 2.08 bits per heavy atom. The second-order valence-corrected chi connectivity index (χ2v) is 9.26. The molecule has 1 aliphatic heterocycles. The molecule has 198 valence electrons. The number of nitrogens with zero attached hydrogens (tertiary/aromatic N) is 2. The van der Waals surface area contributed by atoms with E-state index in [1.807, 2.05) is 12.1 Å². The molecule has 0 spiro atoms. The third-order valence-electron chi connectivity index (χ3n) is 6.67. The first-order valence-electron chi connectivity index (χ1n) is 12.5. The average molecular weight is 514 g/mol. The lowest BCUT2D eigenvalue weighted by Crippen LogP contribution is -2.49. The molecule has 1 aliphatic rings. The van der Waals surface area contributed by atoms with Crippen LogP contribution in [0.2, 0.25) is 0 Å². The predicted molar refractivity (Wildman–Crippen MR) is 137 cm³/mol. The van der Waals surface area contributed by atoms with Crippen molar-refractivity contribution in [1.82, 2.24) is 15.3 Å². The molecule has 1 saturated heterocycles. The van der Waals surface area contributed by atoms with Crippen LogP contribution in [-0.4, -0.2) is 64.8 Å². The number of hydrogen-bond acceptors (Lipinski definition) is 7. The van der Waals surface area contributed by atoms with Gasteiger partial charge in [0, 0.05) is 36.8 Å². The van der Waals surface area contributed by atoms with Crippen LogP contribution >= 0.6 is 0 Å². The monoisotopic (exact) mass is 513 g/mol. The zero-order chi connectivity index (χ0) is 26.2. The molecule has 0 aliphatic carbocycles. The molecule has 4 rings (SSSR count). The van der Waals surface area contributed by atoms with E-state index >= 15 is 0 Å². The van der Waals surface area contributed by atoms with Gasteiger partial charge in [0.2, 0.25) is 5.88 Å². The number of ether oxygens (including phenoxy) is 2. The molecule has 0 bridgehead atoms. The van der Waals surface area contributed by atoms with Crippen LogP contribution < -0.4 is 10.1 Å². The number of pyridine rings is 2. The summed E-state index contributed by atoms with van der Waals surface area (Å²) in [6, 6.07) is 8.93. The third kappa shape index (κ3) is 7.29. The highest BCUT2D eigenvalue weighted by molar-refractivity contribution is 5.78. The van der Waals surface area contributed by atoms with Gasteiger partial charge in [-0.25, -0.2) is 13.8 Å². The number of methoxy groups -OCH3 is 1. The molecule has 1 fully saturated rings. The first kappa shape index (κ1) is 27.1. The Bertz CT molecular complexity index is 1210. The van der Waals surface area contributed by atoms with E-state index in [2.05, 4.69) is 15.3 Å². The van der Waals surface area contributed by atoms with Gasteiger partial charge in [-0.2, -0.15) is 0 Å². The number of aliphatic hydroxyl groups is 2. The maximum Gasteiger partial charge on any atom is 0.213 e. The first-order valence-corrected chi connectivity index (χ1v) is 12.5. The Morgan fingerprint density at radius 3 is 2.89 bits per heavy atom. The van der Waals surface area contributed by atoms with Gasteiger partial charge in [-0.1, -0.05) is 12.2 Å². The topological polar surface area (TPSA) is 96.7 Å². The summed E-state index contributed by atoms with van der Waals surface area (Å²) in [6.07, 6.45) is 7.31. The molecular weight excluding hydrogens is 480 g/mol. The number of rotatable bonds is 11. The van der Waals surface area contributed by atoms with Gasteiger partial charge >= 0.3 is 0 Å². The minimum atomic E-state index is -0.884. The van der Waals surface area contributed by atoms with Crippen molar-refractivity contribution < 1.29 is 28.5 Å². The van der Waals surface area contributed by atoms with Gasteiger partial charge in [0.25, 0.3) is 0 Å². The lowest BCUT2D eigenvalue weighted by atomic mass is 9.92. The minimum Gasteiger partial charge on any atom is -0.481 e. The highest BCUT2D eigenvalue weighted by atomic mass is 19.1. The summed E-state index contributed by atoms with van der Waals surface area (Å²) in [5.74, 6) is -0.439. The van der Waals surface area contributed by atoms with Gasteiger partial charge in [0.1, 0.15) is 11.6 Å². The second-order valence-electron chi connectivity index (χ2n) is 9.26. The van der Waals surface area contributed by atoms with E-state index in [9.17, 15) is 19.0 Å². The molecule has 9 heteroatoms. The molecule has 2 aromatic heterocycles. The number of benzene rings is 1. The Kier molecular flexibility index (Phi) is 9.51. The summed E-state index contributed by atoms with van der Waals surface area (Å²) in [4.78, 5) is 8.95. The summed E-state index contributed by atoms with van der Waals surface area (Å²) in [5, 5.41) is 22.8. The molecular formula is C28H33F2N3O4. The first-order chi connectivity index (χ1) is 18.0. The smallest absolute Gasteiger partial charge is 0.213 e. The molecule has 7 nitrogen and oxygen atoms in total. The van der Waals surface area contributed by atoms with Crippen molar-refractivity contribution in [2.24, 2.45) is 0 Å². The quantitative estimate of drug-likeness (QED) is 0.359. The Balaban J connectivity index is 1.36. The summed E-state index contributed by atoms with van der Waals surface area (Å²) in [5.41, 5.74) is 2.87. The minimum absolute atomic E-state index is 0.0142. The van der Waals surface area contributed by atoms with Crippen molar-refractivity contribution in [1.29, 1.82) is 0 Å². The van der Waals surface area contributed by atoms with Gasteiger partial charge in [-0.3, -0.25) is 4.98 Å². The van der Waals surface area contributed by atoms with Gasteiger partial charge in [-0.15, -0.1) is 0 Å². The van der Waals surface area contributed by atoms with Crippen molar-refractivity contribution in [3.8, 4) is 5.88 Å². The van der Waals surface area contributed by atoms with E-state index < -0.39 is 17.7 Å². The number of halogens is 2. The van der Waals surface area contributed by atoms with Crippen LogP contribution in [0.3, 0.4) is 0 Å². The molecule has 0 radical (unpaired) electrons. The highest BCUT2D eigenvalue weighted by Crippen LogP contribution is 2.27. The van der Waals surface area contributed by atoms with E-state index in [1.165, 1.54) is 6.08 Å². The van der Waals surface area contributed by atoms with Crippen molar-refractivity contribution >= 4 is 17.1 Å². The molecule has 37 heavy (non-hydrogen) atoms. The molecule has 4 atom stereocenters. The molecule has 3 heterocycles. The van der Waals surface area contributed by atoms with Crippen LogP contribution in [-0.2, 0) is 11.2 Å². The number of aliphatic hydroxyl groups excluding tert-OH is 2. The third-order valence-corrected chi connectivity index (χ3v) is 6.67. The highest BCUT2D eigenvalue weighted by Gasteiger charge is 2.32. The van der Waals surface area contributed by atoms with Crippen LogP contribution in [0.25, 0.3) is 17.1 Å². The number of nitrogens with one attached hydrogen (secondary N) is 1.